The van der Waals surface area contributed by atoms with E-state index >= 15 is 0 Å². The minimum Gasteiger partial charge on any atom is -0.338 e. The molecule has 1 fully saturated rings. The quantitative estimate of drug-likeness (QED) is 0.634. The van der Waals surface area contributed by atoms with Crippen LogP contribution in [-0.2, 0) is 11.3 Å². The second-order valence-corrected chi connectivity index (χ2v) is 7.03. The maximum atomic E-state index is 12.3. The van der Waals surface area contributed by atoms with E-state index in [-0.39, 0.29) is 11.8 Å². The molecule has 1 amide bonds. The van der Waals surface area contributed by atoms with Crippen LogP contribution in [0.25, 0.3) is 11.0 Å². The molecule has 1 aliphatic heterocycles. The predicted octanol–water partition coefficient (Wildman–Crippen LogP) is 4.24. The zero-order chi connectivity index (χ0) is 18.1. The Labute approximate surface area is 157 Å². The molecule has 3 aromatic rings. The van der Waals surface area contributed by atoms with E-state index in [9.17, 15) is 4.79 Å². The number of halogens is 1. The third-order valence-corrected chi connectivity index (χ3v) is 5.27. The molecule has 0 bridgehead atoms. The van der Waals surface area contributed by atoms with Gasteiger partial charge in [0.1, 0.15) is 5.82 Å². The predicted molar refractivity (Wildman–Crippen MR) is 104 cm³/mol. The molecule has 2 heterocycles. The zero-order valence-corrected chi connectivity index (χ0v) is 15.2. The van der Waals surface area contributed by atoms with Crippen LogP contribution in [0.3, 0.4) is 0 Å². The van der Waals surface area contributed by atoms with Crippen molar-refractivity contribution in [2.24, 2.45) is 0 Å². The van der Waals surface area contributed by atoms with Crippen molar-refractivity contribution in [3.05, 3.63) is 77.6 Å². The van der Waals surface area contributed by atoms with E-state index in [0.29, 0.717) is 26.1 Å². The van der Waals surface area contributed by atoms with Crippen molar-refractivity contribution in [1.29, 1.82) is 0 Å². The molecule has 4 rings (SSSR count). The third kappa shape index (κ3) is 3.01. The van der Waals surface area contributed by atoms with Gasteiger partial charge in [-0.25, -0.2) is 4.98 Å². The molecule has 26 heavy (non-hydrogen) atoms. The summed E-state index contributed by atoms with van der Waals surface area (Å²) < 4.78 is 2.20. The van der Waals surface area contributed by atoms with Crippen LogP contribution in [0.5, 0.6) is 0 Å². The molecular weight excluding hydrogens is 346 g/mol. The molecule has 4 nitrogen and oxygen atoms in total. The van der Waals surface area contributed by atoms with Gasteiger partial charge in [0.15, 0.2) is 0 Å². The number of aromatic nitrogens is 2. The highest BCUT2D eigenvalue weighted by molar-refractivity contribution is 6.31. The molecule has 0 N–H and O–H groups in total. The normalized spacial score (nSPS) is 17.2. The molecule has 0 spiro atoms. The Morgan fingerprint density at radius 1 is 1.19 bits per heavy atom. The topological polar surface area (TPSA) is 38.1 Å². The summed E-state index contributed by atoms with van der Waals surface area (Å²) in [6.07, 6.45) is 2.26. The fraction of sp³-hybridized carbons (Fsp3) is 0.238. The van der Waals surface area contributed by atoms with Crippen LogP contribution in [0.4, 0.5) is 0 Å². The van der Waals surface area contributed by atoms with E-state index in [0.717, 1.165) is 27.4 Å². The maximum absolute atomic E-state index is 12.3. The summed E-state index contributed by atoms with van der Waals surface area (Å²) >= 11 is 6.38. The van der Waals surface area contributed by atoms with Gasteiger partial charge in [0.2, 0.25) is 5.91 Å². The summed E-state index contributed by atoms with van der Waals surface area (Å²) in [7, 11) is 0. The molecule has 0 aliphatic carbocycles. The standard InChI is InChI=1S/C21H20ClN3O/c1-2-11-24-13-16(12-20(24)26)21-23-18-9-5-6-10-19(18)25(21)14-15-7-3-4-8-17(15)22/h2-10,16H,1,11-14H2/t16-/m1/s1. The molecule has 1 atom stereocenters. The smallest absolute Gasteiger partial charge is 0.223 e. The van der Waals surface area contributed by atoms with Gasteiger partial charge in [-0.3, -0.25) is 4.79 Å². The van der Waals surface area contributed by atoms with Crippen molar-refractivity contribution < 1.29 is 4.79 Å². The van der Waals surface area contributed by atoms with Crippen LogP contribution < -0.4 is 0 Å². The first-order valence-corrected chi connectivity index (χ1v) is 9.12. The van der Waals surface area contributed by atoms with Gasteiger partial charge in [-0.05, 0) is 23.8 Å². The van der Waals surface area contributed by atoms with E-state index in [1.165, 1.54) is 0 Å². The number of carbonyl (C=O) groups excluding carboxylic acids is 1. The lowest BCUT2D eigenvalue weighted by Crippen LogP contribution is -2.25. The third-order valence-electron chi connectivity index (χ3n) is 4.90. The van der Waals surface area contributed by atoms with E-state index in [2.05, 4.69) is 17.2 Å². The second-order valence-electron chi connectivity index (χ2n) is 6.62. The van der Waals surface area contributed by atoms with Crippen molar-refractivity contribution in [2.75, 3.05) is 13.1 Å². The molecule has 1 aromatic heterocycles. The Bertz CT molecular complexity index is 978. The van der Waals surface area contributed by atoms with Crippen LogP contribution >= 0.6 is 11.6 Å². The van der Waals surface area contributed by atoms with E-state index in [1.807, 2.05) is 47.4 Å². The number of likely N-dealkylation sites (tertiary alicyclic amines) is 1. The van der Waals surface area contributed by atoms with E-state index < -0.39 is 0 Å². The van der Waals surface area contributed by atoms with Crippen molar-refractivity contribution >= 4 is 28.5 Å². The molecule has 5 heteroatoms. The number of rotatable bonds is 5. The Hall–Kier alpha value is -2.59. The minimum atomic E-state index is 0.0809. The summed E-state index contributed by atoms with van der Waals surface area (Å²) in [5.41, 5.74) is 3.06. The number of fused-ring (bicyclic) bond motifs is 1. The maximum Gasteiger partial charge on any atom is 0.223 e. The number of para-hydroxylation sites is 2. The Balaban J connectivity index is 1.76. The van der Waals surface area contributed by atoms with Crippen molar-refractivity contribution in [2.45, 2.75) is 18.9 Å². The molecule has 0 unspecified atom stereocenters. The van der Waals surface area contributed by atoms with Crippen LogP contribution in [-0.4, -0.2) is 33.4 Å². The minimum absolute atomic E-state index is 0.0809. The number of hydrogen-bond acceptors (Lipinski definition) is 2. The second kappa shape index (κ2) is 6.96. The molecule has 1 aliphatic rings. The van der Waals surface area contributed by atoms with Crippen LogP contribution in [0.2, 0.25) is 5.02 Å². The number of carbonyl (C=O) groups is 1. The molecule has 1 saturated heterocycles. The van der Waals surface area contributed by atoms with Gasteiger partial charge in [-0.1, -0.05) is 48.0 Å². The molecule has 0 radical (unpaired) electrons. The molecule has 0 saturated carbocycles. The van der Waals surface area contributed by atoms with Gasteiger partial charge in [-0.2, -0.15) is 0 Å². The first-order valence-electron chi connectivity index (χ1n) is 8.74. The van der Waals surface area contributed by atoms with Gasteiger partial charge in [-0.15, -0.1) is 6.58 Å². The number of hydrogen-bond donors (Lipinski definition) is 0. The highest BCUT2D eigenvalue weighted by atomic mass is 35.5. The molecular formula is C21H20ClN3O. The van der Waals surface area contributed by atoms with Gasteiger partial charge in [0.25, 0.3) is 0 Å². The number of benzene rings is 2. The first-order chi connectivity index (χ1) is 12.7. The van der Waals surface area contributed by atoms with Crippen molar-refractivity contribution in [3.63, 3.8) is 0 Å². The van der Waals surface area contributed by atoms with Gasteiger partial charge >= 0.3 is 0 Å². The zero-order valence-electron chi connectivity index (χ0n) is 14.4. The lowest BCUT2D eigenvalue weighted by Gasteiger charge is -2.16. The largest absolute Gasteiger partial charge is 0.338 e. The summed E-state index contributed by atoms with van der Waals surface area (Å²) in [4.78, 5) is 19.0. The molecule has 132 valence electrons. The highest BCUT2D eigenvalue weighted by Crippen LogP contribution is 2.31. The fourth-order valence-electron chi connectivity index (χ4n) is 3.65. The van der Waals surface area contributed by atoms with Crippen molar-refractivity contribution in [3.8, 4) is 0 Å². The average molecular weight is 366 g/mol. The average Bonchev–Trinajstić information content (AvgIpc) is 3.18. The monoisotopic (exact) mass is 365 g/mol. The summed E-state index contributed by atoms with van der Waals surface area (Å²) in [6.45, 7) is 5.65. The summed E-state index contributed by atoms with van der Waals surface area (Å²) in [5.74, 6) is 1.19. The van der Waals surface area contributed by atoms with E-state index in [4.69, 9.17) is 16.6 Å². The van der Waals surface area contributed by atoms with Crippen LogP contribution in [0, 0.1) is 0 Å². The lowest BCUT2D eigenvalue weighted by molar-refractivity contribution is -0.127. The summed E-state index contributed by atoms with van der Waals surface area (Å²) in [5, 5.41) is 0.743. The summed E-state index contributed by atoms with van der Waals surface area (Å²) in [6, 6.07) is 15.9. The SMILES string of the molecule is C=CCN1C[C@H](c2nc3ccccc3n2Cc2ccccc2Cl)CC1=O. The first kappa shape index (κ1) is 16.9. The Morgan fingerprint density at radius 3 is 2.77 bits per heavy atom. The van der Waals surface area contributed by atoms with Gasteiger partial charge in [0.05, 0.1) is 17.6 Å². The van der Waals surface area contributed by atoms with Crippen LogP contribution in [0.1, 0.15) is 23.7 Å². The Kier molecular flexibility index (Phi) is 4.51. The van der Waals surface area contributed by atoms with Crippen molar-refractivity contribution in [1.82, 2.24) is 14.5 Å². The van der Waals surface area contributed by atoms with Gasteiger partial charge < -0.3 is 9.47 Å². The fourth-order valence-corrected chi connectivity index (χ4v) is 3.84. The van der Waals surface area contributed by atoms with Crippen LogP contribution in [0.15, 0.2) is 61.2 Å². The van der Waals surface area contributed by atoms with E-state index in [1.54, 1.807) is 6.08 Å². The number of imidazole rings is 1. The lowest BCUT2D eigenvalue weighted by atomic mass is 10.1. The highest BCUT2D eigenvalue weighted by Gasteiger charge is 2.33. The van der Waals surface area contributed by atoms with Gasteiger partial charge in [0, 0.05) is 30.5 Å². The molecule has 2 aromatic carbocycles. The number of amides is 1. The number of nitrogens with zero attached hydrogens (tertiary/aromatic N) is 3. The Morgan fingerprint density at radius 2 is 1.96 bits per heavy atom.